The summed E-state index contributed by atoms with van der Waals surface area (Å²) in [6.45, 7) is 6.05. The lowest BCUT2D eigenvalue weighted by Crippen LogP contribution is -2.10. The first-order valence-corrected chi connectivity index (χ1v) is 10.2. The van der Waals surface area contributed by atoms with E-state index in [1.165, 1.54) is 16.9 Å². The quantitative estimate of drug-likeness (QED) is 0.423. The number of nitrogens with one attached hydrogen (secondary N) is 1. The van der Waals surface area contributed by atoms with Crippen LogP contribution in [0.25, 0.3) is 15.9 Å². The summed E-state index contributed by atoms with van der Waals surface area (Å²) in [7, 11) is 0. The fourth-order valence-corrected chi connectivity index (χ4v) is 4.60. The molecule has 0 aliphatic rings. The monoisotopic (exact) mass is 439 g/mol. The fraction of sp³-hybridized carbons (Fsp3) is 0.143. The summed E-state index contributed by atoms with van der Waals surface area (Å²) >= 11 is 4.96. The number of anilines is 1. The van der Waals surface area contributed by atoms with Gasteiger partial charge in [-0.3, -0.25) is 4.79 Å². The molecule has 0 unspecified atom stereocenters. The normalized spacial score (nSPS) is 11.1. The highest BCUT2D eigenvalue weighted by Crippen LogP contribution is 2.31. The van der Waals surface area contributed by atoms with Gasteiger partial charge in [0.2, 0.25) is 0 Å². The molecule has 27 heavy (non-hydrogen) atoms. The molecule has 4 rings (SSSR count). The van der Waals surface area contributed by atoms with E-state index in [2.05, 4.69) is 45.4 Å². The van der Waals surface area contributed by atoms with Crippen molar-refractivity contribution < 1.29 is 4.79 Å². The first kappa shape index (κ1) is 17.9. The molecule has 0 aliphatic carbocycles. The van der Waals surface area contributed by atoms with E-state index in [1.54, 1.807) is 0 Å². The van der Waals surface area contributed by atoms with Gasteiger partial charge in [-0.1, -0.05) is 23.8 Å². The highest BCUT2D eigenvalue weighted by molar-refractivity contribution is 9.10. The zero-order valence-corrected chi connectivity index (χ0v) is 17.6. The number of nitrogens with zero attached hydrogens (tertiary/aromatic N) is 2. The number of fused-ring (bicyclic) bond motifs is 1. The zero-order valence-electron chi connectivity index (χ0n) is 15.2. The zero-order chi connectivity index (χ0) is 19.1. The van der Waals surface area contributed by atoms with Gasteiger partial charge in [0, 0.05) is 9.86 Å². The number of aromatic nitrogens is 2. The van der Waals surface area contributed by atoms with Crippen LogP contribution in [0, 0.1) is 20.8 Å². The molecule has 0 aliphatic heterocycles. The molecule has 4 aromatic rings. The molecule has 0 spiro atoms. The molecular formula is C21H18BrN3OS. The Hall–Kier alpha value is -2.44. The predicted octanol–water partition coefficient (Wildman–Crippen LogP) is 6.03. The molecular weight excluding hydrogens is 422 g/mol. The summed E-state index contributed by atoms with van der Waals surface area (Å²) in [5.74, 6) is -0.115. The lowest BCUT2D eigenvalue weighted by Gasteiger charge is -2.07. The van der Waals surface area contributed by atoms with Gasteiger partial charge in [0.1, 0.15) is 4.83 Å². The van der Waals surface area contributed by atoms with Crippen molar-refractivity contribution in [1.29, 1.82) is 0 Å². The maximum absolute atomic E-state index is 12.8. The van der Waals surface area contributed by atoms with Gasteiger partial charge in [-0.25, -0.2) is 4.68 Å². The summed E-state index contributed by atoms with van der Waals surface area (Å²) in [6, 6.07) is 16.0. The standard InChI is InChI=1S/C21H18BrN3OS/c1-12-4-7-15(8-5-12)25-21-16(14(3)24-25)11-19(27-21)20(26)23-18-9-6-13(2)10-17(18)22/h4-11H,1-3H3,(H,23,26). The second-order valence-corrected chi connectivity index (χ2v) is 8.48. The van der Waals surface area contributed by atoms with Gasteiger partial charge < -0.3 is 5.32 Å². The van der Waals surface area contributed by atoms with Crippen LogP contribution >= 0.6 is 27.3 Å². The maximum Gasteiger partial charge on any atom is 0.265 e. The van der Waals surface area contributed by atoms with Crippen molar-refractivity contribution in [2.75, 3.05) is 5.32 Å². The van der Waals surface area contributed by atoms with Crippen LogP contribution in [0.3, 0.4) is 0 Å². The molecule has 136 valence electrons. The Balaban J connectivity index is 1.70. The minimum absolute atomic E-state index is 0.115. The van der Waals surface area contributed by atoms with Crippen molar-refractivity contribution in [3.63, 3.8) is 0 Å². The summed E-state index contributed by atoms with van der Waals surface area (Å²) < 4.78 is 2.78. The summed E-state index contributed by atoms with van der Waals surface area (Å²) in [4.78, 5) is 14.4. The van der Waals surface area contributed by atoms with Crippen molar-refractivity contribution in [2.24, 2.45) is 0 Å². The van der Waals surface area contributed by atoms with Crippen LogP contribution in [0.2, 0.25) is 0 Å². The number of carbonyl (C=O) groups is 1. The average Bonchev–Trinajstić information content (AvgIpc) is 3.19. The van der Waals surface area contributed by atoms with Gasteiger partial charge in [0.05, 0.1) is 21.9 Å². The minimum atomic E-state index is -0.115. The number of thiophene rings is 1. The van der Waals surface area contributed by atoms with Crippen molar-refractivity contribution in [1.82, 2.24) is 9.78 Å². The largest absolute Gasteiger partial charge is 0.320 e. The Morgan fingerprint density at radius 2 is 1.74 bits per heavy atom. The molecule has 1 amide bonds. The van der Waals surface area contributed by atoms with Gasteiger partial charge in [0.15, 0.2) is 0 Å². The van der Waals surface area contributed by atoms with Crippen molar-refractivity contribution in [2.45, 2.75) is 20.8 Å². The molecule has 0 radical (unpaired) electrons. The molecule has 2 aromatic carbocycles. The summed E-state index contributed by atoms with van der Waals surface area (Å²) in [5, 5.41) is 8.64. The lowest BCUT2D eigenvalue weighted by molar-refractivity contribution is 0.103. The Morgan fingerprint density at radius 3 is 2.44 bits per heavy atom. The average molecular weight is 440 g/mol. The van der Waals surface area contributed by atoms with Gasteiger partial charge in [-0.15, -0.1) is 11.3 Å². The Morgan fingerprint density at radius 1 is 1.04 bits per heavy atom. The van der Waals surface area contributed by atoms with Gasteiger partial charge in [0.25, 0.3) is 5.91 Å². The molecule has 1 N–H and O–H groups in total. The highest BCUT2D eigenvalue weighted by Gasteiger charge is 2.18. The molecule has 0 saturated carbocycles. The van der Waals surface area contributed by atoms with Crippen molar-refractivity contribution in [3.05, 3.63) is 74.7 Å². The molecule has 2 aromatic heterocycles. The number of aryl methyl sites for hydroxylation is 3. The second kappa shape index (κ2) is 6.94. The fourth-order valence-electron chi connectivity index (χ4n) is 2.93. The van der Waals surface area contributed by atoms with E-state index in [4.69, 9.17) is 0 Å². The van der Waals surface area contributed by atoms with E-state index in [0.29, 0.717) is 4.88 Å². The number of rotatable bonds is 3. The topological polar surface area (TPSA) is 46.9 Å². The number of amides is 1. The smallest absolute Gasteiger partial charge is 0.265 e. The third-order valence-corrected chi connectivity index (χ3v) is 6.19. The molecule has 0 atom stereocenters. The molecule has 0 bridgehead atoms. The Bertz CT molecular complexity index is 1160. The van der Waals surface area contributed by atoms with E-state index in [0.717, 1.165) is 37.3 Å². The SMILES string of the molecule is Cc1ccc(-n2nc(C)c3cc(C(=O)Nc4ccc(C)cc4Br)sc32)cc1. The highest BCUT2D eigenvalue weighted by atomic mass is 79.9. The van der Waals surface area contributed by atoms with Crippen LogP contribution in [0.15, 0.2) is 53.0 Å². The number of hydrogen-bond donors (Lipinski definition) is 1. The van der Waals surface area contributed by atoms with E-state index in [1.807, 2.05) is 54.9 Å². The van der Waals surface area contributed by atoms with Crippen LogP contribution in [-0.2, 0) is 0 Å². The minimum Gasteiger partial charge on any atom is -0.320 e. The van der Waals surface area contributed by atoms with Crippen LogP contribution < -0.4 is 5.32 Å². The number of hydrogen-bond acceptors (Lipinski definition) is 3. The van der Waals surface area contributed by atoms with E-state index in [9.17, 15) is 4.79 Å². The second-order valence-electron chi connectivity index (χ2n) is 6.60. The molecule has 4 nitrogen and oxygen atoms in total. The summed E-state index contributed by atoms with van der Waals surface area (Å²) in [5.41, 5.74) is 5.01. The third-order valence-electron chi connectivity index (χ3n) is 4.42. The third kappa shape index (κ3) is 3.42. The molecule has 2 heterocycles. The van der Waals surface area contributed by atoms with E-state index >= 15 is 0 Å². The Kier molecular flexibility index (Phi) is 4.61. The number of halogens is 1. The predicted molar refractivity (Wildman–Crippen MR) is 115 cm³/mol. The van der Waals surface area contributed by atoms with Crippen LogP contribution in [0.1, 0.15) is 26.5 Å². The van der Waals surface area contributed by atoms with Gasteiger partial charge >= 0.3 is 0 Å². The number of benzene rings is 2. The van der Waals surface area contributed by atoms with E-state index in [-0.39, 0.29) is 5.91 Å². The Labute approximate surface area is 170 Å². The maximum atomic E-state index is 12.8. The van der Waals surface area contributed by atoms with E-state index < -0.39 is 0 Å². The molecule has 6 heteroatoms. The van der Waals surface area contributed by atoms with Crippen LogP contribution in [0.5, 0.6) is 0 Å². The van der Waals surface area contributed by atoms with Crippen LogP contribution in [0.4, 0.5) is 5.69 Å². The first-order valence-electron chi connectivity index (χ1n) is 8.56. The van der Waals surface area contributed by atoms with Gasteiger partial charge in [-0.2, -0.15) is 5.10 Å². The molecule has 0 saturated heterocycles. The number of carbonyl (C=O) groups excluding carboxylic acids is 1. The lowest BCUT2D eigenvalue weighted by atomic mass is 10.2. The van der Waals surface area contributed by atoms with Crippen molar-refractivity contribution in [3.8, 4) is 5.69 Å². The van der Waals surface area contributed by atoms with Crippen molar-refractivity contribution >= 4 is 49.1 Å². The molecule has 0 fully saturated rings. The summed E-state index contributed by atoms with van der Waals surface area (Å²) in [6.07, 6.45) is 0. The van der Waals surface area contributed by atoms with Crippen LogP contribution in [-0.4, -0.2) is 15.7 Å². The van der Waals surface area contributed by atoms with Gasteiger partial charge in [-0.05, 0) is 72.6 Å². The first-order chi connectivity index (χ1) is 12.9.